The van der Waals surface area contributed by atoms with Crippen LogP contribution in [-0.4, -0.2) is 42.2 Å². The van der Waals surface area contributed by atoms with E-state index in [0.717, 1.165) is 0 Å². The third kappa shape index (κ3) is 5.82. The van der Waals surface area contributed by atoms with E-state index in [-0.39, 0.29) is 23.9 Å². The van der Waals surface area contributed by atoms with Crippen LogP contribution in [0.25, 0.3) is 0 Å². The minimum absolute atomic E-state index is 0. The first-order valence-electron chi connectivity index (χ1n) is 2.94. The first-order valence-corrected chi connectivity index (χ1v) is 2.94. The van der Waals surface area contributed by atoms with Crippen LogP contribution in [0.3, 0.4) is 0 Å². The number of halogens is 1. The molecule has 11 heavy (non-hydrogen) atoms. The van der Waals surface area contributed by atoms with E-state index in [1.165, 1.54) is 6.92 Å². The third-order valence-electron chi connectivity index (χ3n) is 0.993. The zero-order valence-electron chi connectivity index (χ0n) is 6.87. The van der Waals surface area contributed by atoms with E-state index in [4.69, 9.17) is 5.21 Å². The lowest BCUT2D eigenvalue weighted by atomic mass is 10.2. The van der Waals surface area contributed by atoms with E-state index in [2.05, 4.69) is 5.16 Å². The molecular formula is C6H13ClN2O2. The molecule has 0 aromatic heterocycles. The number of rotatable bonds is 3. The van der Waals surface area contributed by atoms with E-state index in [0.29, 0.717) is 6.54 Å². The molecule has 5 heteroatoms. The molecule has 0 aromatic carbocycles. The molecule has 0 rings (SSSR count). The maximum atomic E-state index is 10.6. The van der Waals surface area contributed by atoms with Gasteiger partial charge < -0.3 is 10.1 Å². The molecule has 0 radical (unpaired) electrons. The van der Waals surface area contributed by atoms with Crippen LogP contribution in [0.2, 0.25) is 0 Å². The summed E-state index contributed by atoms with van der Waals surface area (Å²) in [6, 6.07) is 0. The van der Waals surface area contributed by atoms with Crippen LogP contribution in [-0.2, 0) is 4.79 Å². The highest BCUT2D eigenvalue weighted by Gasteiger charge is 2.06. The molecule has 0 aliphatic heterocycles. The molecular weight excluding hydrogens is 168 g/mol. The van der Waals surface area contributed by atoms with Gasteiger partial charge in [-0.3, -0.25) is 4.79 Å². The molecule has 0 unspecified atom stereocenters. The standard InChI is InChI=1S/C6H12N2O2.ClH/c1-5(9)6(7-10)4-8(2)3;/h10H,4H2,1-3H3;1H. The third-order valence-corrected chi connectivity index (χ3v) is 0.993. The maximum absolute atomic E-state index is 10.6. The van der Waals surface area contributed by atoms with Crippen molar-refractivity contribution < 1.29 is 10.0 Å². The number of ketones is 1. The minimum atomic E-state index is -0.198. The lowest BCUT2D eigenvalue weighted by Crippen LogP contribution is -2.26. The predicted molar refractivity (Wildman–Crippen MR) is 45.7 cm³/mol. The maximum Gasteiger partial charge on any atom is 0.178 e. The van der Waals surface area contributed by atoms with Crippen molar-refractivity contribution >= 4 is 23.9 Å². The number of Topliss-reactive ketones (excluding diaryl/α,β-unsaturated/α-hetero) is 1. The fourth-order valence-corrected chi connectivity index (χ4v) is 0.513. The van der Waals surface area contributed by atoms with Crippen LogP contribution in [0, 0.1) is 0 Å². The Labute approximate surface area is 72.3 Å². The predicted octanol–water partition coefficient (Wildman–Crippen LogP) is 0.389. The lowest BCUT2D eigenvalue weighted by molar-refractivity contribution is -0.111. The van der Waals surface area contributed by atoms with Gasteiger partial charge in [-0.1, -0.05) is 5.16 Å². The molecule has 0 amide bonds. The average molecular weight is 181 g/mol. The summed E-state index contributed by atoms with van der Waals surface area (Å²) in [4.78, 5) is 12.4. The Bertz CT molecular complexity index is 157. The molecule has 0 heterocycles. The van der Waals surface area contributed by atoms with Crippen LogP contribution in [0.15, 0.2) is 5.16 Å². The average Bonchev–Trinajstić information content (AvgIpc) is 1.81. The molecule has 0 aliphatic carbocycles. The fraction of sp³-hybridized carbons (Fsp3) is 0.667. The minimum Gasteiger partial charge on any atom is -0.411 e. The van der Waals surface area contributed by atoms with Crippen LogP contribution in [0.4, 0.5) is 0 Å². The highest BCUT2D eigenvalue weighted by Crippen LogP contribution is 1.83. The number of carbonyl (C=O) groups is 1. The van der Waals surface area contributed by atoms with Gasteiger partial charge in [0.25, 0.3) is 0 Å². The monoisotopic (exact) mass is 180 g/mol. The highest BCUT2D eigenvalue weighted by molar-refractivity contribution is 6.39. The van der Waals surface area contributed by atoms with Gasteiger partial charge >= 0.3 is 0 Å². The van der Waals surface area contributed by atoms with Gasteiger partial charge in [-0.15, -0.1) is 12.4 Å². The van der Waals surface area contributed by atoms with E-state index < -0.39 is 0 Å². The summed E-state index contributed by atoms with van der Waals surface area (Å²) < 4.78 is 0. The van der Waals surface area contributed by atoms with Crippen molar-refractivity contribution in [1.82, 2.24) is 4.90 Å². The number of hydrogen-bond donors (Lipinski definition) is 1. The van der Waals surface area contributed by atoms with Gasteiger partial charge in [0, 0.05) is 13.5 Å². The zero-order valence-corrected chi connectivity index (χ0v) is 7.68. The lowest BCUT2D eigenvalue weighted by Gasteiger charge is -2.07. The summed E-state index contributed by atoms with van der Waals surface area (Å²) in [7, 11) is 3.60. The Morgan fingerprint density at radius 3 is 2.09 bits per heavy atom. The van der Waals surface area contributed by atoms with Gasteiger partial charge in [0.05, 0.1) is 0 Å². The Kier molecular flexibility index (Phi) is 7.24. The molecule has 0 saturated carbocycles. The van der Waals surface area contributed by atoms with Crippen molar-refractivity contribution in [3.05, 3.63) is 0 Å². The zero-order chi connectivity index (χ0) is 8.15. The van der Waals surface area contributed by atoms with Gasteiger partial charge in [-0.25, -0.2) is 0 Å². The second-order valence-corrected chi connectivity index (χ2v) is 2.34. The van der Waals surface area contributed by atoms with Gasteiger partial charge in [-0.2, -0.15) is 0 Å². The SMILES string of the molecule is CC(=O)C(CN(C)C)=NO.Cl. The van der Waals surface area contributed by atoms with E-state index in [9.17, 15) is 4.79 Å². The molecule has 0 bridgehead atoms. The summed E-state index contributed by atoms with van der Waals surface area (Å²) in [5, 5.41) is 11.1. The van der Waals surface area contributed by atoms with Crippen molar-refractivity contribution in [2.24, 2.45) is 5.16 Å². The normalized spacial score (nSPS) is 11.1. The number of hydrogen-bond acceptors (Lipinski definition) is 4. The van der Waals surface area contributed by atoms with Gasteiger partial charge in [0.2, 0.25) is 0 Å². The van der Waals surface area contributed by atoms with Crippen molar-refractivity contribution in [2.75, 3.05) is 20.6 Å². The number of oxime groups is 1. The van der Waals surface area contributed by atoms with Crippen LogP contribution >= 0.6 is 12.4 Å². The number of nitrogens with zero attached hydrogens (tertiary/aromatic N) is 2. The summed E-state index contributed by atoms with van der Waals surface area (Å²) >= 11 is 0. The quantitative estimate of drug-likeness (QED) is 0.388. The van der Waals surface area contributed by atoms with Crippen LogP contribution < -0.4 is 0 Å². The van der Waals surface area contributed by atoms with Gasteiger partial charge in [-0.05, 0) is 14.1 Å². The Morgan fingerprint density at radius 2 is 2.00 bits per heavy atom. The van der Waals surface area contributed by atoms with Crippen molar-refractivity contribution in [3.63, 3.8) is 0 Å². The Hall–Kier alpha value is -0.610. The Balaban J connectivity index is 0. The number of carbonyl (C=O) groups excluding carboxylic acids is 1. The van der Waals surface area contributed by atoms with Crippen LogP contribution in [0.5, 0.6) is 0 Å². The fourth-order valence-electron chi connectivity index (χ4n) is 0.513. The second-order valence-electron chi connectivity index (χ2n) is 2.34. The van der Waals surface area contributed by atoms with Crippen molar-refractivity contribution in [1.29, 1.82) is 0 Å². The molecule has 0 atom stereocenters. The van der Waals surface area contributed by atoms with Crippen LogP contribution in [0.1, 0.15) is 6.92 Å². The molecule has 1 N–H and O–H groups in total. The molecule has 66 valence electrons. The summed E-state index contributed by atoms with van der Waals surface area (Å²) in [6.07, 6.45) is 0. The highest BCUT2D eigenvalue weighted by atomic mass is 35.5. The second kappa shape index (κ2) is 6.12. The van der Waals surface area contributed by atoms with Crippen molar-refractivity contribution in [2.45, 2.75) is 6.92 Å². The first kappa shape index (κ1) is 13.0. The first-order chi connectivity index (χ1) is 4.57. The van der Waals surface area contributed by atoms with Gasteiger partial charge in [0.15, 0.2) is 5.78 Å². The molecule has 0 saturated heterocycles. The summed E-state index contributed by atoms with van der Waals surface area (Å²) in [5.41, 5.74) is 0.185. The van der Waals surface area contributed by atoms with E-state index in [1.54, 1.807) is 19.0 Å². The van der Waals surface area contributed by atoms with E-state index >= 15 is 0 Å². The van der Waals surface area contributed by atoms with Gasteiger partial charge in [0.1, 0.15) is 5.71 Å². The molecule has 0 fully saturated rings. The molecule has 0 aliphatic rings. The Morgan fingerprint density at radius 1 is 1.55 bits per heavy atom. The smallest absolute Gasteiger partial charge is 0.178 e. The topological polar surface area (TPSA) is 52.9 Å². The molecule has 0 spiro atoms. The van der Waals surface area contributed by atoms with Crippen molar-refractivity contribution in [3.8, 4) is 0 Å². The molecule has 4 nitrogen and oxygen atoms in total. The summed E-state index contributed by atoms with van der Waals surface area (Å²) in [6.45, 7) is 1.75. The van der Waals surface area contributed by atoms with E-state index in [1.807, 2.05) is 0 Å². The molecule has 0 aromatic rings. The largest absolute Gasteiger partial charge is 0.411 e. The summed E-state index contributed by atoms with van der Waals surface area (Å²) in [5.74, 6) is -0.198.